The molecule has 3 rings (SSSR count). The number of benzene rings is 2. The minimum Gasteiger partial charge on any atom is -0.455 e. The number of hydrogen-bond donors (Lipinski definition) is 0. The van der Waals surface area contributed by atoms with Crippen molar-refractivity contribution in [3.63, 3.8) is 0 Å². The van der Waals surface area contributed by atoms with Crippen LogP contribution in [0.15, 0.2) is 24.3 Å². The highest BCUT2D eigenvalue weighted by molar-refractivity contribution is 7.18. The molecule has 1 heterocycles. The lowest BCUT2D eigenvalue weighted by atomic mass is 9.90. The van der Waals surface area contributed by atoms with Gasteiger partial charge in [-0.25, -0.2) is 9.78 Å². The van der Waals surface area contributed by atoms with E-state index in [1.54, 1.807) is 11.3 Å². The van der Waals surface area contributed by atoms with Gasteiger partial charge in [-0.2, -0.15) is 0 Å². The summed E-state index contributed by atoms with van der Waals surface area (Å²) in [5.41, 5.74) is 7.21. The second-order valence-corrected chi connectivity index (χ2v) is 7.27. The first-order valence-electron chi connectivity index (χ1n) is 7.98. The maximum absolute atomic E-state index is 12.6. The Bertz CT molecular complexity index is 878. The molecule has 0 fully saturated rings. The van der Waals surface area contributed by atoms with Crippen LogP contribution in [-0.4, -0.2) is 11.0 Å². The first kappa shape index (κ1) is 16.7. The predicted molar refractivity (Wildman–Crippen MR) is 98.9 cm³/mol. The van der Waals surface area contributed by atoms with Crippen molar-refractivity contribution in [3.05, 3.63) is 62.7 Å². The normalized spacial score (nSPS) is 11.0. The van der Waals surface area contributed by atoms with Crippen LogP contribution in [0.25, 0.3) is 10.2 Å². The van der Waals surface area contributed by atoms with E-state index < -0.39 is 0 Å². The molecule has 0 aliphatic heterocycles. The van der Waals surface area contributed by atoms with Gasteiger partial charge in [0.1, 0.15) is 11.6 Å². The highest BCUT2D eigenvalue weighted by Crippen LogP contribution is 2.27. The van der Waals surface area contributed by atoms with Crippen molar-refractivity contribution in [3.8, 4) is 0 Å². The summed E-state index contributed by atoms with van der Waals surface area (Å²) in [5.74, 6) is -0.268. The molecule has 3 aromatic rings. The lowest BCUT2D eigenvalue weighted by Crippen LogP contribution is -2.12. The smallest absolute Gasteiger partial charge is 0.339 e. The summed E-state index contributed by atoms with van der Waals surface area (Å²) in [5, 5.41) is 0.820. The zero-order chi connectivity index (χ0) is 17.4. The number of para-hydroxylation sites is 1. The number of nitrogens with zero attached hydrogens (tertiary/aromatic N) is 1. The van der Waals surface area contributed by atoms with Crippen molar-refractivity contribution in [1.82, 2.24) is 4.98 Å². The van der Waals surface area contributed by atoms with E-state index in [0.717, 1.165) is 37.5 Å². The van der Waals surface area contributed by atoms with Gasteiger partial charge in [0.25, 0.3) is 0 Å². The van der Waals surface area contributed by atoms with E-state index in [4.69, 9.17) is 4.74 Å². The van der Waals surface area contributed by atoms with Gasteiger partial charge in [0.2, 0.25) is 0 Å². The Morgan fingerprint density at radius 3 is 2.17 bits per heavy atom. The van der Waals surface area contributed by atoms with Crippen LogP contribution in [0, 0.1) is 34.6 Å². The Morgan fingerprint density at radius 2 is 1.54 bits per heavy atom. The Labute approximate surface area is 146 Å². The largest absolute Gasteiger partial charge is 0.455 e. The van der Waals surface area contributed by atoms with Gasteiger partial charge in [0, 0.05) is 0 Å². The Hall–Kier alpha value is -2.20. The Morgan fingerprint density at radius 1 is 0.958 bits per heavy atom. The lowest BCUT2D eigenvalue weighted by Gasteiger charge is -2.17. The van der Waals surface area contributed by atoms with Gasteiger partial charge in [0.15, 0.2) is 0 Å². The van der Waals surface area contributed by atoms with Crippen molar-refractivity contribution in [2.45, 2.75) is 41.2 Å². The van der Waals surface area contributed by atoms with E-state index in [9.17, 15) is 4.79 Å². The van der Waals surface area contributed by atoms with E-state index in [-0.39, 0.29) is 12.6 Å². The minimum atomic E-state index is -0.268. The van der Waals surface area contributed by atoms with E-state index >= 15 is 0 Å². The number of carbonyl (C=O) groups excluding carboxylic acids is 1. The summed E-state index contributed by atoms with van der Waals surface area (Å²) in [4.78, 5) is 17.2. The summed E-state index contributed by atoms with van der Waals surface area (Å²) in [6.45, 7) is 10.4. The van der Waals surface area contributed by atoms with Gasteiger partial charge in [-0.15, -0.1) is 11.3 Å². The molecule has 1 aromatic heterocycles. The van der Waals surface area contributed by atoms with Crippen molar-refractivity contribution < 1.29 is 9.53 Å². The van der Waals surface area contributed by atoms with Gasteiger partial charge in [-0.05, 0) is 74.6 Å². The Balaban J connectivity index is 1.85. The maximum atomic E-state index is 12.6. The molecule has 0 radical (unpaired) electrons. The average molecular weight is 339 g/mol. The number of aromatic nitrogens is 1. The van der Waals surface area contributed by atoms with Crippen molar-refractivity contribution in [2.75, 3.05) is 0 Å². The SMILES string of the molecule is Cc1c(C)c(C)c(C(=O)OCc2nc3ccccc3s2)c(C)c1C. The van der Waals surface area contributed by atoms with Crippen LogP contribution < -0.4 is 0 Å². The number of esters is 1. The molecular weight excluding hydrogens is 318 g/mol. The van der Waals surface area contributed by atoms with Crippen LogP contribution in [0.3, 0.4) is 0 Å². The fourth-order valence-electron chi connectivity index (χ4n) is 2.99. The number of rotatable bonds is 3. The molecule has 0 bridgehead atoms. The van der Waals surface area contributed by atoms with E-state index in [0.29, 0.717) is 5.56 Å². The fraction of sp³-hybridized carbons (Fsp3) is 0.300. The molecule has 124 valence electrons. The third-order valence-corrected chi connectivity index (χ3v) is 5.88. The lowest BCUT2D eigenvalue weighted by molar-refractivity contribution is 0.0470. The first-order chi connectivity index (χ1) is 11.4. The van der Waals surface area contributed by atoms with Crippen molar-refractivity contribution >= 4 is 27.5 Å². The van der Waals surface area contributed by atoms with Gasteiger partial charge in [-0.1, -0.05) is 12.1 Å². The molecular formula is C20H21NO2S. The van der Waals surface area contributed by atoms with Crippen LogP contribution in [0.1, 0.15) is 43.2 Å². The van der Waals surface area contributed by atoms with Crippen LogP contribution in [0.5, 0.6) is 0 Å². The molecule has 0 spiro atoms. The molecule has 3 nitrogen and oxygen atoms in total. The quantitative estimate of drug-likeness (QED) is 0.616. The number of thiazole rings is 1. The average Bonchev–Trinajstić information content (AvgIpc) is 2.99. The number of fused-ring (bicyclic) bond motifs is 1. The second kappa shape index (κ2) is 6.36. The number of hydrogen-bond acceptors (Lipinski definition) is 4. The van der Waals surface area contributed by atoms with Crippen LogP contribution in [0.2, 0.25) is 0 Å². The van der Waals surface area contributed by atoms with E-state index in [1.807, 2.05) is 38.1 Å². The zero-order valence-electron chi connectivity index (χ0n) is 14.7. The fourth-order valence-corrected chi connectivity index (χ4v) is 3.87. The molecule has 0 amide bonds. The highest BCUT2D eigenvalue weighted by atomic mass is 32.1. The highest BCUT2D eigenvalue weighted by Gasteiger charge is 2.19. The van der Waals surface area contributed by atoms with Gasteiger partial charge >= 0.3 is 5.97 Å². The molecule has 0 atom stereocenters. The predicted octanol–water partition coefficient (Wildman–Crippen LogP) is 5.20. The summed E-state index contributed by atoms with van der Waals surface area (Å²) >= 11 is 1.56. The van der Waals surface area contributed by atoms with Crippen LogP contribution >= 0.6 is 11.3 Å². The molecule has 0 saturated heterocycles. The molecule has 0 N–H and O–H groups in total. The molecule has 24 heavy (non-hydrogen) atoms. The topological polar surface area (TPSA) is 39.2 Å². The third kappa shape index (κ3) is 2.82. The van der Waals surface area contributed by atoms with E-state index in [2.05, 4.69) is 25.8 Å². The molecule has 0 aliphatic rings. The molecule has 4 heteroatoms. The van der Waals surface area contributed by atoms with E-state index in [1.165, 1.54) is 5.56 Å². The van der Waals surface area contributed by atoms with Gasteiger partial charge in [-0.3, -0.25) is 0 Å². The maximum Gasteiger partial charge on any atom is 0.339 e. The Kier molecular flexibility index (Phi) is 4.41. The van der Waals surface area contributed by atoms with Crippen LogP contribution in [0.4, 0.5) is 0 Å². The minimum absolute atomic E-state index is 0.211. The monoisotopic (exact) mass is 339 g/mol. The zero-order valence-corrected chi connectivity index (χ0v) is 15.5. The number of carbonyl (C=O) groups is 1. The van der Waals surface area contributed by atoms with Crippen molar-refractivity contribution in [2.24, 2.45) is 0 Å². The molecule has 0 saturated carbocycles. The molecule has 0 aliphatic carbocycles. The summed E-state index contributed by atoms with van der Waals surface area (Å²) < 4.78 is 6.67. The summed E-state index contributed by atoms with van der Waals surface area (Å²) in [6, 6.07) is 7.95. The molecule has 0 unspecified atom stereocenters. The summed E-state index contributed by atoms with van der Waals surface area (Å²) in [7, 11) is 0. The number of ether oxygens (including phenoxy) is 1. The standard InChI is InChI=1S/C20H21NO2S/c1-11-12(2)14(4)19(15(5)13(11)3)20(22)23-10-18-21-16-8-6-7-9-17(16)24-18/h6-9H,10H2,1-5H3. The first-order valence-corrected chi connectivity index (χ1v) is 8.80. The third-order valence-electron chi connectivity index (χ3n) is 4.87. The van der Waals surface area contributed by atoms with Gasteiger partial charge in [0.05, 0.1) is 15.8 Å². The van der Waals surface area contributed by atoms with Crippen molar-refractivity contribution in [1.29, 1.82) is 0 Å². The molecule has 2 aromatic carbocycles. The second-order valence-electron chi connectivity index (χ2n) is 6.15. The van der Waals surface area contributed by atoms with Gasteiger partial charge < -0.3 is 4.74 Å². The van der Waals surface area contributed by atoms with Crippen LogP contribution in [-0.2, 0) is 11.3 Å². The summed E-state index contributed by atoms with van der Waals surface area (Å²) in [6.07, 6.45) is 0.